The second-order valence-electron chi connectivity index (χ2n) is 3.56. The first kappa shape index (κ1) is 14.3. The summed E-state index contributed by atoms with van der Waals surface area (Å²) in [6.45, 7) is 2.46. The molecule has 0 heterocycles. The van der Waals surface area contributed by atoms with Gasteiger partial charge in [-0.15, -0.1) is 0 Å². The van der Waals surface area contributed by atoms with Crippen molar-refractivity contribution in [2.24, 2.45) is 5.73 Å². The summed E-state index contributed by atoms with van der Waals surface area (Å²) in [5, 5.41) is 0. The summed E-state index contributed by atoms with van der Waals surface area (Å²) in [5.74, 6) is 0.518. The Morgan fingerprint density at radius 3 is 2.53 bits per heavy atom. The third-order valence-corrected chi connectivity index (χ3v) is 2.75. The fourth-order valence-electron chi connectivity index (χ4n) is 1.23. The third-order valence-electron chi connectivity index (χ3n) is 2.13. The number of benzene rings is 1. The molecule has 0 spiro atoms. The van der Waals surface area contributed by atoms with Crippen LogP contribution in [0, 0.1) is 0 Å². The van der Waals surface area contributed by atoms with Crippen molar-refractivity contribution in [1.82, 2.24) is 0 Å². The Morgan fingerprint density at radius 2 is 2.06 bits per heavy atom. The minimum Gasteiger partial charge on any atom is -0.492 e. The highest BCUT2D eigenvalue weighted by molar-refractivity contribution is 9.10. The summed E-state index contributed by atoms with van der Waals surface area (Å²) in [5.41, 5.74) is 5.11. The fraction of sp³-hybridized carbons (Fsp3) is 0.455. The molecule has 0 aliphatic heterocycles. The summed E-state index contributed by atoms with van der Waals surface area (Å²) in [6.07, 6.45) is -3.61. The normalized spacial score (nSPS) is 13.5. The number of nitrogens with two attached hydrogens (primary N) is 1. The Morgan fingerprint density at radius 1 is 1.41 bits per heavy atom. The van der Waals surface area contributed by atoms with Crippen molar-refractivity contribution in [2.45, 2.75) is 25.6 Å². The van der Waals surface area contributed by atoms with Crippen LogP contribution in [0.3, 0.4) is 0 Å². The highest BCUT2D eigenvalue weighted by Crippen LogP contribution is 2.34. The van der Waals surface area contributed by atoms with E-state index in [9.17, 15) is 13.2 Å². The molecule has 17 heavy (non-hydrogen) atoms. The highest BCUT2D eigenvalue weighted by Gasteiger charge is 2.37. The molecule has 6 heteroatoms. The van der Waals surface area contributed by atoms with Gasteiger partial charge in [0.1, 0.15) is 11.8 Å². The minimum absolute atomic E-state index is 0.00761. The SMILES string of the molecule is CCCOc1ccc(C(N)C(F)(F)F)cc1Br. The van der Waals surface area contributed by atoms with Crippen molar-refractivity contribution in [2.75, 3.05) is 6.61 Å². The van der Waals surface area contributed by atoms with Crippen LogP contribution < -0.4 is 10.5 Å². The lowest BCUT2D eigenvalue weighted by atomic mass is 10.1. The Kier molecular flexibility index (Phi) is 4.82. The van der Waals surface area contributed by atoms with E-state index in [-0.39, 0.29) is 5.56 Å². The van der Waals surface area contributed by atoms with Gasteiger partial charge in [0.25, 0.3) is 0 Å². The largest absolute Gasteiger partial charge is 0.492 e. The first-order chi connectivity index (χ1) is 7.86. The van der Waals surface area contributed by atoms with Gasteiger partial charge in [-0.05, 0) is 40.0 Å². The molecule has 0 saturated carbocycles. The van der Waals surface area contributed by atoms with Crippen molar-refractivity contribution in [3.63, 3.8) is 0 Å². The molecule has 0 saturated heterocycles. The van der Waals surface area contributed by atoms with E-state index in [1.165, 1.54) is 18.2 Å². The van der Waals surface area contributed by atoms with E-state index in [0.29, 0.717) is 16.8 Å². The second-order valence-corrected chi connectivity index (χ2v) is 4.41. The Bertz CT molecular complexity index is 381. The summed E-state index contributed by atoms with van der Waals surface area (Å²) in [4.78, 5) is 0. The maximum atomic E-state index is 12.4. The number of rotatable bonds is 4. The molecule has 1 rings (SSSR count). The number of ether oxygens (including phenoxy) is 1. The van der Waals surface area contributed by atoms with Gasteiger partial charge in [-0.1, -0.05) is 13.0 Å². The van der Waals surface area contributed by atoms with Crippen molar-refractivity contribution < 1.29 is 17.9 Å². The van der Waals surface area contributed by atoms with Gasteiger partial charge >= 0.3 is 6.18 Å². The molecule has 0 aliphatic rings. The molecule has 1 aromatic rings. The van der Waals surface area contributed by atoms with Crippen LogP contribution in [-0.2, 0) is 0 Å². The zero-order chi connectivity index (χ0) is 13.1. The topological polar surface area (TPSA) is 35.2 Å². The van der Waals surface area contributed by atoms with Crippen molar-refractivity contribution in [3.8, 4) is 5.75 Å². The Hall–Kier alpha value is -0.750. The minimum atomic E-state index is -4.44. The van der Waals surface area contributed by atoms with Crippen LogP contribution in [-0.4, -0.2) is 12.8 Å². The summed E-state index contributed by atoms with van der Waals surface area (Å²) in [7, 11) is 0. The lowest BCUT2D eigenvalue weighted by Gasteiger charge is -2.17. The molecule has 1 unspecified atom stereocenters. The molecule has 96 valence electrons. The van der Waals surface area contributed by atoms with Gasteiger partial charge in [-0.2, -0.15) is 13.2 Å². The van der Waals surface area contributed by atoms with E-state index >= 15 is 0 Å². The monoisotopic (exact) mass is 311 g/mol. The fourth-order valence-corrected chi connectivity index (χ4v) is 1.74. The Balaban J connectivity index is 2.89. The second kappa shape index (κ2) is 5.73. The average molecular weight is 312 g/mol. The zero-order valence-corrected chi connectivity index (χ0v) is 10.8. The predicted molar refractivity (Wildman–Crippen MR) is 62.9 cm³/mol. The number of alkyl halides is 3. The van der Waals surface area contributed by atoms with Crippen molar-refractivity contribution in [1.29, 1.82) is 0 Å². The van der Waals surface area contributed by atoms with Crippen LogP contribution in [0.1, 0.15) is 24.9 Å². The lowest BCUT2D eigenvalue weighted by Crippen LogP contribution is -2.28. The molecule has 0 aromatic heterocycles. The summed E-state index contributed by atoms with van der Waals surface area (Å²) < 4.78 is 43.0. The third kappa shape index (κ3) is 3.89. The quantitative estimate of drug-likeness (QED) is 0.918. The smallest absolute Gasteiger partial charge is 0.407 e. The van der Waals surface area contributed by atoms with E-state index in [0.717, 1.165) is 6.42 Å². The van der Waals surface area contributed by atoms with E-state index < -0.39 is 12.2 Å². The molecule has 0 amide bonds. The van der Waals surface area contributed by atoms with E-state index in [1.807, 2.05) is 6.92 Å². The van der Waals surface area contributed by atoms with Gasteiger partial charge in [0.2, 0.25) is 0 Å². The van der Waals surface area contributed by atoms with E-state index in [2.05, 4.69) is 15.9 Å². The van der Waals surface area contributed by atoms with Crippen LogP contribution in [0.2, 0.25) is 0 Å². The number of hydrogen-bond donors (Lipinski definition) is 1. The lowest BCUT2D eigenvalue weighted by molar-refractivity contribution is -0.149. The Labute approximate surface area is 106 Å². The van der Waals surface area contributed by atoms with E-state index in [1.54, 1.807) is 0 Å². The summed E-state index contributed by atoms with van der Waals surface area (Å²) in [6, 6.07) is 2.18. The van der Waals surface area contributed by atoms with Gasteiger partial charge in [0, 0.05) is 0 Å². The van der Waals surface area contributed by atoms with Crippen LogP contribution in [0.25, 0.3) is 0 Å². The van der Waals surface area contributed by atoms with Crippen LogP contribution >= 0.6 is 15.9 Å². The molecule has 0 fully saturated rings. The molecular weight excluding hydrogens is 299 g/mol. The first-order valence-corrected chi connectivity index (χ1v) is 5.90. The molecule has 0 bridgehead atoms. The molecule has 2 N–H and O–H groups in total. The molecule has 2 nitrogen and oxygen atoms in total. The molecule has 1 atom stereocenters. The summed E-state index contributed by atoms with van der Waals surface area (Å²) >= 11 is 3.16. The molecule has 1 aromatic carbocycles. The van der Waals surface area contributed by atoms with Crippen LogP contribution in [0.5, 0.6) is 5.75 Å². The molecule has 0 aliphatic carbocycles. The predicted octanol–water partition coefficient (Wildman–Crippen LogP) is 3.80. The van der Waals surface area contributed by atoms with Gasteiger partial charge in [-0.3, -0.25) is 0 Å². The molecular formula is C11H13BrF3NO. The van der Waals surface area contributed by atoms with Crippen LogP contribution in [0.15, 0.2) is 22.7 Å². The maximum absolute atomic E-state index is 12.4. The maximum Gasteiger partial charge on any atom is 0.407 e. The average Bonchev–Trinajstić information content (AvgIpc) is 2.25. The van der Waals surface area contributed by atoms with Crippen molar-refractivity contribution >= 4 is 15.9 Å². The number of halogens is 4. The zero-order valence-electron chi connectivity index (χ0n) is 9.22. The van der Waals surface area contributed by atoms with Crippen LogP contribution in [0.4, 0.5) is 13.2 Å². The first-order valence-electron chi connectivity index (χ1n) is 5.10. The van der Waals surface area contributed by atoms with Crippen molar-refractivity contribution in [3.05, 3.63) is 28.2 Å². The van der Waals surface area contributed by atoms with E-state index in [4.69, 9.17) is 10.5 Å². The standard InChI is InChI=1S/C11H13BrF3NO/c1-2-5-17-9-4-3-7(6-8(9)12)10(16)11(13,14)15/h3-4,6,10H,2,5,16H2,1H3. The number of hydrogen-bond acceptors (Lipinski definition) is 2. The highest BCUT2D eigenvalue weighted by atomic mass is 79.9. The van der Waals surface area contributed by atoms with Gasteiger partial charge in [0.15, 0.2) is 0 Å². The van der Waals surface area contributed by atoms with Gasteiger partial charge < -0.3 is 10.5 Å². The van der Waals surface area contributed by atoms with Gasteiger partial charge in [0.05, 0.1) is 11.1 Å². The van der Waals surface area contributed by atoms with Gasteiger partial charge in [-0.25, -0.2) is 0 Å². The molecule has 0 radical (unpaired) electrons.